The molecule has 0 unspecified atom stereocenters. The molecule has 3 amide bonds. The number of hydrogen-bond donors (Lipinski definition) is 3. The molecule has 0 bridgehead atoms. The maximum Gasteiger partial charge on any atom is 0.324 e. The van der Waals surface area contributed by atoms with Gasteiger partial charge in [0.15, 0.2) is 17.5 Å². The quantitative estimate of drug-likeness (QED) is 0.413. The number of aliphatic imine (C=N–C) groups is 1. The van der Waals surface area contributed by atoms with E-state index >= 15 is 0 Å². The van der Waals surface area contributed by atoms with Gasteiger partial charge in [-0.05, 0) is 12.1 Å². The molecule has 0 spiro atoms. The molecule has 2 aliphatic heterocycles. The van der Waals surface area contributed by atoms with Crippen molar-refractivity contribution in [1.82, 2.24) is 15.5 Å². The minimum atomic E-state index is -0.363. The number of guanidine groups is 1. The summed E-state index contributed by atoms with van der Waals surface area (Å²) < 4.78 is 11.3. The summed E-state index contributed by atoms with van der Waals surface area (Å²) in [5.41, 5.74) is 0.798. The van der Waals surface area contributed by atoms with Crippen molar-refractivity contribution in [3.8, 4) is 11.5 Å². The van der Waals surface area contributed by atoms with Crippen LogP contribution in [0.1, 0.15) is 6.42 Å². The van der Waals surface area contributed by atoms with E-state index in [2.05, 4.69) is 20.9 Å². The number of fused-ring (bicyclic) bond motifs is 1. The molecule has 2 heterocycles. The number of rotatable bonds is 4. The van der Waals surface area contributed by atoms with Crippen molar-refractivity contribution < 1.29 is 19.1 Å². The fraction of sp³-hybridized carbons (Fsp3) is 0.438. The molecule has 25 heavy (non-hydrogen) atoms. The van der Waals surface area contributed by atoms with Gasteiger partial charge in [0, 0.05) is 38.3 Å². The zero-order valence-corrected chi connectivity index (χ0v) is 14.0. The van der Waals surface area contributed by atoms with Gasteiger partial charge in [0.1, 0.15) is 0 Å². The SMILES string of the molecule is CN=C(NCCN1C(=O)CNC1=O)Nc1ccc2c(c1)OCCCO2. The van der Waals surface area contributed by atoms with Gasteiger partial charge in [-0.3, -0.25) is 14.7 Å². The molecule has 9 nitrogen and oxygen atoms in total. The van der Waals surface area contributed by atoms with Gasteiger partial charge in [0.05, 0.1) is 19.8 Å². The number of carbonyl (C=O) groups is 2. The van der Waals surface area contributed by atoms with Crippen LogP contribution >= 0.6 is 0 Å². The number of nitrogens with zero attached hydrogens (tertiary/aromatic N) is 2. The zero-order valence-electron chi connectivity index (χ0n) is 14.0. The summed E-state index contributed by atoms with van der Waals surface area (Å²) in [6.07, 6.45) is 0.851. The Morgan fingerprint density at radius 1 is 1.28 bits per heavy atom. The van der Waals surface area contributed by atoms with Gasteiger partial charge in [-0.15, -0.1) is 0 Å². The molecule has 3 N–H and O–H groups in total. The van der Waals surface area contributed by atoms with Crippen LogP contribution in [-0.4, -0.2) is 62.7 Å². The van der Waals surface area contributed by atoms with Gasteiger partial charge in [-0.2, -0.15) is 0 Å². The van der Waals surface area contributed by atoms with Crippen LogP contribution < -0.4 is 25.4 Å². The van der Waals surface area contributed by atoms with E-state index in [9.17, 15) is 9.59 Å². The number of imide groups is 1. The lowest BCUT2D eigenvalue weighted by Gasteiger charge is -2.16. The van der Waals surface area contributed by atoms with Crippen molar-refractivity contribution in [3.63, 3.8) is 0 Å². The highest BCUT2D eigenvalue weighted by atomic mass is 16.5. The Kier molecular flexibility index (Phi) is 5.22. The maximum atomic E-state index is 11.5. The van der Waals surface area contributed by atoms with Crippen LogP contribution in [0, 0.1) is 0 Å². The summed E-state index contributed by atoms with van der Waals surface area (Å²) in [5, 5.41) is 8.70. The zero-order chi connectivity index (χ0) is 17.6. The van der Waals surface area contributed by atoms with E-state index in [4.69, 9.17) is 9.47 Å². The molecule has 134 valence electrons. The predicted octanol–water partition coefficient (Wildman–Crippen LogP) is 0.387. The fourth-order valence-corrected chi connectivity index (χ4v) is 2.52. The first-order valence-corrected chi connectivity index (χ1v) is 8.13. The van der Waals surface area contributed by atoms with Gasteiger partial charge in [0.2, 0.25) is 5.91 Å². The largest absolute Gasteiger partial charge is 0.490 e. The first-order chi connectivity index (χ1) is 12.2. The number of benzene rings is 1. The average molecular weight is 347 g/mol. The summed E-state index contributed by atoms with van der Waals surface area (Å²) in [6.45, 7) is 1.99. The van der Waals surface area contributed by atoms with E-state index in [-0.39, 0.29) is 25.0 Å². The predicted molar refractivity (Wildman–Crippen MR) is 92.1 cm³/mol. The van der Waals surface area contributed by atoms with Crippen molar-refractivity contribution in [1.29, 1.82) is 0 Å². The van der Waals surface area contributed by atoms with Gasteiger partial charge >= 0.3 is 6.03 Å². The Morgan fingerprint density at radius 2 is 2.08 bits per heavy atom. The van der Waals surface area contributed by atoms with Crippen molar-refractivity contribution >= 4 is 23.6 Å². The molecular weight excluding hydrogens is 326 g/mol. The van der Waals surface area contributed by atoms with Crippen LogP contribution in [-0.2, 0) is 4.79 Å². The molecule has 0 aromatic heterocycles. The van der Waals surface area contributed by atoms with E-state index in [0.29, 0.717) is 31.5 Å². The molecule has 1 aromatic rings. The Labute approximate surface area is 145 Å². The van der Waals surface area contributed by atoms with Crippen molar-refractivity contribution in [2.75, 3.05) is 45.2 Å². The maximum absolute atomic E-state index is 11.5. The highest BCUT2D eigenvalue weighted by Crippen LogP contribution is 2.32. The minimum absolute atomic E-state index is 0.0585. The van der Waals surface area contributed by atoms with Crippen molar-refractivity contribution in [3.05, 3.63) is 18.2 Å². The lowest BCUT2D eigenvalue weighted by molar-refractivity contribution is -0.124. The summed E-state index contributed by atoms with van der Waals surface area (Å²) in [7, 11) is 1.64. The molecule has 1 fully saturated rings. The molecule has 0 atom stereocenters. The first-order valence-electron chi connectivity index (χ1n) is 8.13. The molecular formula is C16H21N5O4. The van der Waals surface area contributed by atoms with E-state index in [0.717, 1.165) is 17.9 Å². The summed E-state index contributed by atoms with van der Waals surface area (Å²) >= 11 is 0. The Balaban J connectivity index is 1.55. The summed E-state index contributed by atoms with van der Waals surface area (Å²) in [4.78, 5) is 28.3. The van der Waals surface area contributed by atoms with Crippen LogP contribution in [0.25, 0.3) is 0 Å². The number of nitrogens with one attached hydrogen (secondary N) is 3. The molecule has 0 aliphatic carbocycles. The van der Waals surface area contributed by atoms with Gasteiger partial charge in [0.25, 0.3) is 0 Å². The smallest absolute Gasteiger partial charge is 0.324 e. The van der Waals surface area contributed by atoms with Crippen molar-refractivity contribution in [2.45, 2.75) is 6.42 Å². The monoisotopic (exact) mass is 347 g/mol. The molecule has 2 aliphatic rings. The number of amides is 3. The molecule has 1 aromatic carbocycles. The van der Waals surface area contributed by atoms with E-state index in [1.165, 1.54) is 4.90 Å². The topological polar surface area (TPSA) is 104 Å². The Hall–Kier alpha value is -2.97. The van der Waals surface area contributed by atoms with E-state index in [1.54, 1.807) is 7.05 Å². The highest BCUT2D eigenvalue weighted by molar-refractivity contribution is 6.02. The molecule has 1 saturated heterocycles. The summed E-state index contributed by atoms with van der Waals surface area (Å²) in [6, 6.07) is 5.21. The van der Waals surface area contributed by atoms with Crippen LogP contribution in [0.2, 0.25) is 0 Å². The second-order valence-electron chi connectivity index (χ2n) is 5.54. The second kappa shape index (κ2) is 7.73. The van der Waals surface area contributed by atoms with Gasteiger partial charge in [-0.1, -0.05) is 0 Å². The average Bonchev–Trinajstić information content (AvgIpc) is 2.81. The van der Waals surface area contributed by atoms with Crippen LogP contribution in [0.15, 0.2) is 23.2 Å². The molecule has 0 saturated carbocycles. The second-order valence-corrected chi connectivity index (χ2v) is 5.54. The standard InChI is InChI=1S/C16H21N5O4/c1-17-15(18-5-6-21-14(22)10-19-16(21)23)20-11-3-4-12-13(9-11)25-8-2-7-24-12/h3-4,9H,2,5-8,10H2,1H3,(H,19,23)(H2,17,18,20). The number of carbonyl (C=O) groups excluding carboxylic acids is 2. The number of hydrogen-bond acceptors (Lipinski definition) is 5. The summed E-state index contributed by atoms with van der Waals surface area (Å²) in [5.74, 6) is 1.72. The molecule has 9 heteroatoms. The van der Waals surface area contributed by atoms with Gasteiger partial charge < -0.3 is 25.4 Å². The highest BCUT2D eigenvalue weighted by Gasteiger charge is 2.27. The lowest BCUT2D eigenvalue weighted by Crippen LogP contribution is -2.40. The van der Waals surface area contributed by atoms with Crippen LogP contribution in [0.3, 0.4) is 0 Å². The first kappa shape index (κ1) is 16.9. The van der Waals surface area contributed by atoms with Gasteiger partial charge in [-0.25, -0.2) is 4.79 Å². The van der Waals surface area contributed by atoms with Crippen LogP contribution in [0.4, 0.5) is 10.5 Å². The third-order valence-electron chi connectivity index (χ3n) is 3.80. The van der Waals surface area contributed by atoms with Crippen LogP contribution in [0.5, 0.6) is 11.5 Å². The Bertz CT molecular complexity index is 675. The molecule has 0 radical (unpaired) electrons. The Morgan fingerprint density at radius 3 is 2.80 bits per heavy atom. The normalized spacial score (nSPS) is 17.2. The minimum Gasteiger partial charge on any atom is -0.490 e. The number of urea groups is 1. The number of ether oxygens (including phenoxy) is 2. The third kappa shape index (κ3) is 4.11. The van der Waals surface area contributed by atoms with Crippen molar-refractivity contribution in [2.24, 2.45) is 4.99 Å². The van der Waals surface area contributed by atoms with E-state index in [1.807, 2.05) is 18.2 Å². The number of anilines is 1. The molecule has 3 rings (SSSR count). The third-order valence-corrected chi connectivity index (χ3v) is 3.80. The fourth-order valence-electron chi connectivity index (χ4n) is 2.52. The van der Waals surface area contributed by atoms with E-state index < -0.39 is 0 Å². The lowest BCUT2D eigenvalue weighted by atomic mass is 10.3.